The van der Waals surface area contributed by atoms with E-state index in [1.54, 1.807) is 6.07 Å². The van der Waals surface area contributed by atoms with Crippen molar-refractivity contribution in [3.63, 3.8) is 0 Å². The van der Waals surface area contributed by atoms with E-state index in [0.717, 1.165) is 4.90 Å². The summed E-state index contributed by atoms with van der Waals surface area (Å²) in [7, 11) is 0. The van der Waals surface area contributed by atoms with E-state index in [0.29, 0.717) is 10.9 Å². The summed E-state index contributed by atoms with van der Waals surface area (Å²) in [6, 6.07) is 4.30. The Morgan fingerprint density at radius 2 is 2.10 bits per heavy atom. The number of phenolic OH excluding ortho intramolecular Hbond substituents is 1. The molecule has 0 spiro atoms. The zero-order valence-electron chi connectivity index (χ0n) is 10.5. The van der Waals surface area contributed by atoms with Gasteiger partial charge in [-0.1, -0.05) is 15.9 Å². The van der Waals surface area contributed by atoms with E-state index in [4.69, 9.17) is 0 Å². The summed E-state index contributed by atoms with van der Waals surface area (Å²) in [5.41, 5.74) is 0.0159. The summed E-state index contributed by atoms with van der Waals surface area (Å²) in [6.07, 6.45) is -3.94. The van der Waals surface area contributed by atoms with Gasteiger partial charge in [-0.3, -0.25) is 4.79 Å². The molecule has 1 aromatic rings. The first kappa shape index (κ1) is 15.2. The Balaban J connectivity index is 2.18. The summed E-state index contributed by atoms with van der Waals surface area (Å²) in [4.78, 5) is 13.4. The summed E-state index contributed by atoms with van der Waals surface area (Å²) in [5.74, 6) is -2.29. The number of carbonyl (C=O) groups excluding carboxylic acids is 1. The number of hydrogen-bond acceptors (Lipinski definition) is 2. The van der Waals surface area contributed by atoms with E-state index >= 15 is 0 Å². The number of benzene rings is 1. The Morgan fingerprint density at radius 3 is 2.75 bits per heavy atom. The number of rotatable bonds is 1. The second-order valence-corrected chi connectivity index (χ2v) is 5.71. The molecule has 1 N–H and O–H groups in total. The lowest BCUT2D eigenvalue weighted by Crippen LogP contribution is -2.44. The van der Waals surface area contributed by atoms with Crippen molar-refractivity contribution in [2.45, 2.75) is 19.0 Å². The fourth-order valence-electron chi connectivity index (χ4n) is 2.28. The molecule has 0 aliphatic carbocycles. The first-order valence-electron chi connectivity index (χ1n) is 6.13. The van der Waals surface area contributed by atoms with Crippen LogP contribution in [0.1, 0.15) is 23.2 Å². The first-order valence-corrected chi connectivity index (χ1v) is 6.93. The molecule has 7 heteroatoms. The number of hydrogen-bond donors (Lipinski definition) is 1. The maximum absolute atomic E-state index is 12.7. The number of carbonyl (C=O) groups is 1. The zero-order valence-corrected chi connectivity index (χ0v) is 12.0. The van der Waals surface area contributed by atoms with Crippen LogP contribution in [0.3, 0.4) is 0 Å². The van der Waals surface area contributed by atoms with Crippen molar-refractivity contribution in [1.82, 2.24) is 4.90 Å². The highest BCUT2D eigenvalue weighted by molar-refractivity contribution is 9.10. The minimum atomic E-state index is -4.29. The SMILES string of the molecule is O=C(c1cc(Br)ccc1O)N1CCCC(C(F)(F)F)C1. The molecule has 0 bridgehead atoms. The highest BCUT2D eigenvalue weighted by Crippen LogP contribution is 2.34. The molecule has 0 aromatic heterocycles. The van der Waals surface area contributed by atoms with Crippen molar-refractivity contribution in [2.24, 2.45) is 5.92 Å². The third-order valence-corrected chi connectivity index (χ3v) is 3.85. The summed E-state index contributed by atoms with van der Waals surface area (Å²) in [5, 5.41) is 9.67. The maximum atomic E-state index is 12.7. The van der Waals surface area contributed by atoms with Gasteiger partial charge < -0.3 is 10.0 Å². The molecule has 1 saturated heterocycles. The number of amides is 1. The van der Waals surface area contributed by atoms with Crippen molar-refractivity contribution < 1.29 is 23.1 Å². The Hall–Kier alpha value is -1.24. The molecule has 1 aromatic carbocycles. The number of piperidine rings is 1. The lowest BCUT2D eigenvalue weighted by molar-refractivity contribution is -0.184. The lowest BCUT2D eigenvalue weighted by Gasteiger charge is -2.33. The molecule has 1 fully saturated rings. The molecule has 1 atom stereocenters. The van der Waals surface area contributed by atoms with Gasteiger partial charge >= 0.3 is 6.18 Å². The molecule has 1 heterocycles. The van der Waals surface area contributed by atoms with E-state index in [1.165, 1.54) is 12.1 Å². The van der Waals surface area contributed by atoms with Crippen LogP contribution in [0, 0.1) is 5.92 Å². The largest absolute Gasteiger partial charge is 0.507 e. The number of phenols is 1. The van der Waals surface area contributed by atoms with Crippen LogP contribution in [0.4, 0.5) is 13.2 Å². The van der Waals surface area contributed by atoms with Gasteiger partial charge in [0.1, 0.15) is 5.75 Å². The molecular weight excluding hydrogens is 339 g/mol. The van der Waals surface area contributed by atoms with Crippen LogP contribution >= 0.6 is 15.9 Å². The summed E-state index contributed by atoms with van der Waals surface area (Å²) >= 11 is 3.17. The van der Waals surface area contributed by atoms with Gasteiger partial charge in [0.15, 0.2) is 0 Å². The predicted octanol–water partition coefficient (Wildman–Crippen LogP) is 3.57. The fourth-order valence-corrected chi connectivity index (χ4v) is 2.64. The fraction of sp³-hybridized carbons (Fsp3) is 0.462. The molecule has 1 aliphatic rings. The Kier molecular flexibility index (Phi) is 4.27. The van der Waals surface area contributed by atoms with E-state index in [2.05, 4.69) is 15.9 Å². The number of alkyl halides is 3. The highest BCUT2D eigenvalue weighted by Gasteiger charge is 2.42. The second-order valence-electron chi connectivity index (χ2n) is 4.79. The van der Waals surface area contributed by atoms with Gasteiger partial charge in [0, 0.05) is 17.6 Å². The number of halogens is 4. The van der Waals surface area contributed by atoms with Crippen molar-refractivity contribution in [1.29, 1.82) is 0 Å². The number of nitrogens with zero attached hydrogens (tertiary/aromatic N) is 1. The quantitative estimate of drug-likeness (QED) is 0.840. The van der Waals surface area contributed by atoms with Gasteiger partial charge in [-0.2, -0.15) is 13.2 Å². The summed E-state index contributed by atoms with van der Waals surface area (Å²) < 4.78 is 38.8. The average Bonchev–Trinajstić information content (AvgIpc) is 2.40. The normalized spacial score (nSPS) is 20.0. The van der Waals surface area contributed by atoms with Gasteiger partial charge in [0.2, 0.25) is 0 Å². The first-order chi connectivity index (χ1) is 9.29. The van der Waals surface area contributed by atoms with E-state index in [1.807, 2.05) is 0 Å². The zero-order chi connectivity index (χ0) is 14.9. The van der Waals surface area contributed by atoms with Crippen LogP contribution in [-0.4, -0.2) is 35.2 Å². The van der Waals surface area contributed by atoms with Crippen LogP contribution in [0.25, 0.3) is 0 Å². The molecule has 2 rings (SSSR count). The van der Waals surface area contributed by atoms with Gasteiger partial charge in [0.25, 0.3) is 5.91 Å². The maximum Gasteiger partial charge on any atom is 0.393 e. The molecule has 1 aliphatic heterocycles. The number of aromatic hydroxyl groups is 1. The molecule has 0 radical (unpaired) electrons. The van der Waals surface area contributed by atoms with Crippen LogP contribution in [-0.2, 0) is 0 Å². The van der Waals surface area contributed by atoms with E-state index in [9.17, 15) is 23.1 Å². The third-order valence-electron chi connectivity index (χ3n) is 3.36. The van der Waals surface area contributed by atoms with E-state index < -0.39 is 18.0 Å². The Labute approximate surface area is 122 Å². The smallest absolute Gasteiger partial charge is 0.393 e. The third kappa shape index (κ3) is 3.26. The lowest BCUT2D eigenvalue weighted by atomic mass is 9.97. The topological polar surface area (TPSA) is 40.5 Å². The van der Waals surface area contributed by atoms with Crippen LogP contribution in [0.5, 0.6) is 5.75 Å². The van der Waals surface area contributed by atoms with Gasteiger partial charge in [-0.05, 0) is 31.0 Å². The van der Waals surface area contributed by atoms with Crippen LogP contribution in [0.2, 0.25) is 0 Å². The monoisotopic (exact) mass is 351 g/mol. The van der Waals surface area contributed by atoms with E-state index in [-0.39, 0.29) is 30.8 Å². The molecule has 0 saturated carbocycles. The summed E-state index contributed by atoms with van der Waals surface area (Å²) in [6.45, 7) is -0.0777. The van der Waals surface area contributed by atoms with Crippen molar-refractivity contribution in [2.75, 3.05) is 13.1 Å². The van der Waals surface area contributed by atoms with Gasteiger partial charge in [-0.15, -0.1) is 0 Å². The minimum Gasteiger partial charge on any atom is -0.507 e. The molecule has 3 nitrogen and oxygen atoms in total. The van der Waals surface area contributed by atoms with Crippen molar-refractivity contribution in [3.8, 4) is 5.75 Å². The Bertz CT molecular complexity index is 519. The predicted molar refractivity (Wildman–Crippen MR) is 70.5 cm³/mol. The van der Waals surface area contributed by atoms with Gasteiger partial charge in [0.05, 0.1) is 11.5 Å². The van der Waals surface area contributed by atoms with Crippen molar-refractivity contribution >= 4 is 21.8 Å². The molecule has 20 heavy (non-hydrogen) atoms. The standard InChI is InChI=1S/C13H13BrF3NO2/c14-9-3-4-11(19)10(6-9)12(20)18-5-1-2-8(7-18)13(15,16)17/h3-4,6,8,19H,1-2,5,7H2. The molecule has 1 amide bonds. The van der Waals surface area contributed by atoms with Crippen molar-refractivity contribution in [3.05, 3.63) is 28.2 Å². The Morgan fingerprint density at radius 1 is 1.40 bits per heavy atom. The average molecular weight is 352 g/mol. The minimum absolute atomic E-state index is 0.0159. The number of likely N-dealkylation sites (tertiary alicyclic amines) is 1. The molecular formula is C13H13BrF3NO2. The molecule has 110 valence electrons. The van der Waals surface area contributed by atoms with Crippen LogP contribution in [0.15, 0.2) is 22.7 Å². The van der Waals surface area contributed by atoms with Gasteiger partial charge in [-0.25, -0.2) is 0 Å². The van der Waals surface area contributed by atoms with Crippen LogP contribution < -0.4 is 0 Å². The second kappa shape index (κ2) is 5.63. The highest BCUT2D eigenvalue weighted by atomic mass is 79.9. The molecule has 1 unspecified atom stereocenters.